The number of benzene rings is 6. The maximum absolute atomic E-state index is 13.5. The molecule has 0 aliphatic carbocycles. The van der Waals surface area contributed by atoms with Crippen LogP contribution in [0.2, 0.25) is 0 Å². The molecule has 0 unspecified atom stereocenters. The molecule has 8 amide bonds. The number of hydrogen-bond acceptors (Lipinski definition) is 10. The average Bonchev–Trinajstić information content (AvgIpc) is 3.46. The monoisotopic (exact) mass is 1060 g/mol. The first-order chi connectivity index (χ1) is 37.8. The van der Waals surface area contributed by atoms with Crippen molar-refractivity contribution in [3.8, 4) is 22.6 Å². The second-order valence-corrected chi connectivity index (χ2v) is 18.1. The number of rotatable bonds is 29. The molecular weight excluding hydrogens is 993 g/mol. The van der Waals surface area contributed by atoms with Gasteiger partial charge in [0, 0.05) is 37.3 Å². The highest BCUT2D eigenvalue weighted by atomic mass is 16.5. The molecular formula is C60H66N8O10. The molecule has 0 saturated heterocycles. The van der Waals surface area contributed by atoms with Crippen LogP contribution in [0.5, 0.6) is 11.5 Å². The Morgan fingerprint density at radius 1 is 0.346 bits per heavy atom. The Morgan fingerprint density at radius 2 is 0.628 bits per heavy atom. The van der Waals surface area contributed by atoms with Crippen LogP contribution in [-0.4, -0.2) is 137 Å². The largest absolute Gasteiger partial charge is 0.497 e. The van der Waals surface area contributed by atoms with E-state index in [1.807, 2.05) is 109 Å². The topological polar surface area (TPSA) is 234 Å². The molecule has 0 atom stereocenters. The van der Waals surface area contributed by atoms with Gasteiger partial charge in [-0.05, 0) is 108 Å². The first kappa shape index (κ1) is 57.9. The molecule has 0 radical (unpaired) electrons. The summed E-state index contributed by atoms with van der Waals surface area (Å²) in [6.45, 7) is -1.32. The number of nitrogens with zero attached hydrogens (tertiary/aromatic N) is 2. The lowest BCUT2D eigenvalue weighted by Crippen LogP contribution is -2.49. The Labute approximate surface area is 454 Å². The van der Waals surface area contributed by atoms with Gasteiger partial charge in [0.2, 0.25) is 35.4 Å². The van der Waals surface area contributed by atoms with Gasteiger partial charge >= 0.3 is 0 Å². The van der Waals surface area contributed by atoms with Crippen LogP contribution in [0.1, 0.15) is 43.0 Å². The predicted octanol–water partition coefficient (Wildman–Crippen LogP) is 3.92. The van der Waals surface area contributed by atoms with Gasteiger partial charge in [0.1, 0.15) is 37.7 Å². The van der Waals surface area contributed by atoms with E-state index in [1.165, 1.54) is 0 Å². The van der Waals surface area contributed by atoms with Crippen molar-refractivity contribution in [3.05, 3.63) is 191 Å². The van der Waals surface area contributed by atoms with Crippen molar-refractivity contribution in [1.82, 2.24) is 41.7 Å². The molecule has 6 aromatic rings. The number of carbonyl (C=O) groups excluding carboxylic acids is 8. The summed E-state index contributed by atoms with van der Waals surface area (Å²) in [6.07, 6.45) is 2.21. The van der Waals surface area contributed by atoms with Gasteiger partial charge in [-0.3, -0.25) is 38.4 Å². The summed E-state index contributed by atoms with van der Waals surface area (Å²) >= 11 is 0. The summed E-state index contributed by atoms with van der Waals surface area (Å²) in [5.74, 6) is -2.80. The highest BCUT2D eigenvalue weighted by Crippen LogP contribution is 2.21. The van der Waals surface area contributed by atoms with Gasteiger partial charge in [-0.2, -0.15) is 0 Å². The number of hydrogen-bond donors (Lipinski definition) is 6. The Morgan fingerprint density at radius 3 is 0.910 bits per heavy atom. The molecule has 78 heavy (non-hydrogen) atoms. The van der Waals surface area contributed by atoms with E-state index in [0.717, 1.165) is 32.1 Å². The summed E-state index contributed by atoms with van der Waals surface area (Å²) < 4.78 is 10.4. The van der Waals surface area contributed by atoms with Crippen molar-refractivity contribution in [3.63, 3.8) is 0 Å². The Hall–Kier alpha value is -9.32. The van der Waals surface area contributed by atoms with Crippen molar-refractivity contribution < 1.29 is 47.8 Å². The van der Waals surface area contributed by atoms with Gasteiger partial charge in [0.25, 0.3) is 11.8 Å². The highest BCUT2D eigenvalue weighted by Gasteiger charge is 2.23. The molecule has 6 aromatic carbocycles. The summed E-state index contributed by atoms with van der Waals surface area (Å²) in [6, 6.07) is 47.1. The van der Waals surface area contributed by atoms with Gasteiger partial charge in [0.15, 0.2) is 0 Å². The van der Waals surface area contributed by atoms with Gasteiger partial charge in [0.05, 0.1) is 27.3 Å². The Balaban J connectivity index is 0.987. The molecule has 0 bridgehead atoms. The van der Waals surface area contributed by atoms with E-state index in [4.69, 9.17) is 9.47 Å². The lowest BCUT2D eigenvalue weighted by atomic mass is 10.0. The van der Waals surface area contributed by atoms with Crippen LogP contribution in [0.4, 0.5) is 0 Å². The zero-order chi connectivity index (χ0) is 55.5. The molecule has 0 saturated carbocycles. The van der Waals surface area contributed by atoms with E-state index in [2.05, 4.69) is 31.9 Å². The first-order valence-electron chi connectivity index (χ1n) is 25.6. The van der Waals surface area contributed by atoms with Crippen LogP contribution in [0.25, 0.3) is 11.1 Å². The number of nitrogens with one attached hydrogen (secondary N) is 6. The summed E-state index contributed by atoms with van der Waals surface area (Å²) in [5.41, 5.74) is 5.93. The van der Waals surface area contributed by atoms with Gasteiger partial charge in [-0.15, -0.1) is 0 Å². The van der Waals surface area contributed by atoms with Crippen molar-refractivity contribution >= 4 is 47.3 Å². The first-order valence-corrected chi connectivity index (χ1v) is 25.6. The summed E-state index contributed by atoms with van der Waals surface area (Å²) in [7, 11) is 3.16. The highest BCUT2D eigenvalue weighted by molar-refractivity contribution is 5.99. The number of ether oxygens (including phenoxy) is 2. The molecule has 0 aliphatic heterocycles. The maximum atomic E-state index is 13.5. The molecule has 0 aliphatic rings. The second kappa shape index (κ2) is 30.9. The SMILES string of the molecule is COc1ccc(CCNC(=O)CN(CC(=O)NCCc2ccccc2)C(=O)CNC(=O)c2ccc(-c3ccc(C(=O)NCC(=O)N(CC(=O)NCCc4ccccc4)CC(=O)NCCc4ccc(OC)cc4)cc3)cc2)cc1. The smallest absolute Gasteiger partial charge is 0.251 e. The Bertz CT molecular complexity index is 2720. The van der Waals surface area contributed by atoms with Crippen molar-refractivity contribution in [1.29, 1.82) is 0 Å². The molecule has 0 spiro atoms. The minimum absolute atomic E-state index is 0.249. The van der Waals surface area contributed by atoms with Crippen molar-refractivity contribution in [2.45, 2.75) is 25.7 Å². The minimum Gasteiger partial charge on any atom is -0.497 e. The van der Waals surface area contributed by atoms with E-state index >= 15 is 0 Å². The fourth-order valence-corrected chi connectivity index (χ4v) is 8.01. The molecule has 6 rings (SSSR count). The van der Waals surface area contributed by atoms with Crippen molar-refractivity contribution in [2.24, 2.45) is 0 Å². The van der Waals surface area contributed by atoms with Crippen molar-refractivity contribution in [2.75, 3.05) is 79.7 Å². The number of carbonyl (C=O) groups is 8. The normalized spacial score (nSPS) is 10.5. The standard InChI is InChI=1S/C60H66N8O10/c1-77-51-25-13-45(14-26-51)31-35-63-55(71)41-67(39-53(69)61-33-29-43-9-5-3-6-10-43)57(73)37-65-59(75)49-21-17-47(18-22-49)48-19-23-50(24-20-48)60(76)66-38-58(74)68(40-54(70)62-34-30-44-11-7-4-8-12-44)42-56(72)64-36-32-46-15-27-52(78-2)28-16-46/h3-28H,29-42H2,1-2H3,(H,61,69)(H,62,70)(H,63,71)(H,64,72)(H,65,75)(H,66,76). The van der Waals surface area contributed by atoms with E-state index in [9.17, 15) is 38.4 Å². The van der Waals surface area contributed by atoms with Gasteiger partial charge in [-0.1, -0.05) is 109 Å². The van der Waals surface area contributed by atoms with Crippen LogP contribution < -0.4 is 41.4 Å². The molecule has 0 aromatic heterocycles. The van der Waals surface area contributed by atoms with Gasteiger partial charge in [-0.25, -0.2) is 0 Å². The third-order valence-electron chi connectivity index (χ3n) is 12.4. The zero-order valence-electron chi connectivity index (χ0n) is 43.9. The molecule has 0 fully saturated rings. The van der Waals surface area contributed by atoms with Crippen LogP contribution in [0.3, 0.4) is 0 Å². The van der Waals surface area contributed by atoms with Gasteiger partial charge < -0.3 is 51.2 Å². The molecule has 0 heterocycles. The number of amides is 8. The lowest BCUT2D eigenvalue weighted by molar-refractivity contribution is -0.138. The second-order valence-electron chi connectivity index (χ2n) is 18.1. The van der Waals surface area contributed by atoms with Crippen LogP contribution >= 0.6 is 0 Å². The van der Waals surface area contributed by atoms with Crippen LogP contribution in [-0.2, 0) is 54.5 Å². The molecule has 6 N–H and O–H groups in total. The van der Waals surface area contributed by atoms with E-state index in [1.54, 1.807) is 62.8 Å². The van der Waals surface area contributed by atoms with Crippen LogP contribution in [0.15, 0.2) is 158 Å². The van der Waals surface area contributed by atoms with E-state index in [0.29, 0.717) is 74.5 Å². The molecule has 406 valence electrons. The van der Waals surface area contributed by atoms with E-state index < -0.39 is 86.5 Å². The molecule has 18 nitrogen and oxygen atoms in total. The van der Waals surface area contributed by atoms with Crippen LogP contribution in [0, 0.1) is 0 Å². The minimum atomic E-state index is -0.633. The molecule has 18 heteroatoms. The van der Waals surface area contributed by atoms with E-state index in [-0.39, 0.29) is 11.1 Å². The number of methoxy groups -OCH3 is 2. The fraction of sp³-hybridized carbons (Fsp3) is 0.267. The fourth-order valence-electron chi connectivity index (χ4n) is 8.01. The quantitative estimate of drug-likeness (QED) is 0.0396. The average molecular weight is 1060 g/mol. The maximum Gasteiger partial charge on any atom is 0.251 e. The third-order valence-corrected chi connectivity index (χ3v) is 12.4. The zero-order valence-corrected chi connectivity index (χ0v) is 43.9. The third kappa shape index (κ3) is 19.8. The predicted molar refractivity (Wildman–Crippen MR) is 295 cm³/mol. The summed E-state index contributed by atoms with van der Waals surface area (Å²) in [5, 5.41) is 16.4. The lowest BCUT2D eigenvalue weighted by Gasteiger charge is -2.22. The summed E-state index contributed by atoms with van der Waals surface area (Å²) in [4.78, 5) is 108. The Kier molecular flexibility index (Phi) is 23.0.